The molecule has 47 heavy (non-hydrogen) atoms. The highest BCUT2D eigenvalue weighted by Gasteiger charge is 2.19. The minimum Gasteiger partial charge on any atom is -0.394 e. The normalized spacial score (nSPS) is 12.9. The van der Waals surface area contributed by atoms with Crippen molar-refractivity contribution in [2.24, 2.45) is 0 Å². The molecule has 0 bridgehead atoms. The fourth-order valence-corrected chi connectivity index (χ4v) is 6.99. The van der Waals surface area contributed by atoms with Gasteiger partial charge in [-0.2, -0.15) is 0 Å². The van der Waals surface area contributed by atoms with E-state index in [0.717, 1.165) is 25.7 Å². The van der Waals surface area contributed by atoms with E-state index >= 15 is 0 Å². The first-order valence-corrected chi connectivity index (χ1v) is 21.7. The molecule has 0 fully saturated rings. The van der Waals surface area contributed by atoms with E-state index in [9.17, 15) is 15.0 Å². The Hall–Kier alpha value is -0.610. The maximum absolute atomic E-state index is 11.9. The molecule has 0 aromatic carbocycles. The standard InChI is InChI=1S/C43H87NO3/c1-3-5-7-8-9-10-11-12-13-14-15-16-17-18-19-20-21-22-23-24-25-26-27-28-29-30-31-32-33-34-35-36-37-38-42(46)41(40-45)44-43(47)39-6-4-2/h41-42,45-46H,3-40H2,1-2H3,(H,44,47). The average molecular weight is 666 g/mol. The highest BCUT2D eigenvalue weighted by Crippen LogP contribution is 2.17. The lowest BCUT2D eigenvalue weighted by atomic mass is 10.0. The molecule has 3 N–H and O–H groups in total. The van der Waals surface area contributed by atoms with Gasteiger partial charge in [-0.25, -0.2) is 0 Å². The number of aliphatic hydroxyl groups excluding tert-OH is 2. The lowest BCUT2D eigenvalue weighted by Crippen LogP contribution is -2.45. The molecular formula is C43H87NO3. The van der Waals surface area contributed by atoms with Crippen LogP contribution in [-0.4, -0.2) is 34.9 Å². The van der Waals surface area contributed by atoms with Crippen molar-refractivity contribution in [3.05, 3.63) is 0 Å². The third kappa shape index (κ3) is 36.5. The zero-order chi connectivity index (χ0) is 34.3. The molecule has 0 aromatic rings. The van der Waals surface area contributed by atoms with Crippen molar-refractivity contribution in [2.45, 2.75) is 264 Å². The van der Waals surface area contributed by atoms with Gasteiger partial charge >= 0.3 is 0 Å². The second-order valence-corrected chi connectivity index (χ2v) is 15.1. The maximum Gasteiger partial charge on any atom is 0.220 e. The van der Waals surface area contributed by atoms with Gasteiger partial charge in [-0.3, -0.25) is 4.79 Å². The van der Waals surface area contributed by atoms with Gasteiger partial charge in [-0.05, 0) is 12.8 Å². The minimum absolute atomic E-state index is 0.0638. The molecular weight excluding hydrogens is 578 g/mol. The van der Waals surface area contributed by atoms with Crippen molar-refractivity contribution in [2.75, 3.05) is 6.61 Å². The third-order valence-electron chi connectivity index (χ3n) is 10.4. The molecule has 0 aromatic heterocycles. The fraction of sp³-hybridized carbons (Fsp3) is 0.977. The van der Waals surface area contributed by atoms with Crippen molar-refractivity contribution >= 4 is 5.91 Å². The summed E-state index contributed by atoms with van der Waals surface area (Å²) in [7, 11) is 0. The number of carbonyl (C=O) groups is 1. The Kier molecular flexibility index (Phi) is 39.3. The van der Waals surface area contributed by atoms with E-state index in [1.807, 2.05) is 0 Å². The minimum atomic E-state index is -0.649. The van der Waals surface area contributed by atoms with Crippen molar-refractivity contribution in [1.29, 1.82) is 0 Å². The molecule has 2 atom stereocenters. The number of nitrogens with one attached hydrogen (secondary N) is 1. The Morgan fingerprint density at radius 1 is 0.426 bits per heavy atom. The van der Waals surface area contributed by atoms with E-state index in [-0.39, 0.29) is 12.5 Å². The van der Waals surface area contributed by atoms with Crippen molar-refractivity contribution in [3.63, 3.8) is 0 Å². The highest BCUT2D eigenvalue weighted by atomic mass is 16.3. The first-order chi connectivity index (χ1) is 23.2. The predicted molar refractivity (Wildman–Crippen MR) is 207 cm³/mol. The molecule has 0 heterocycles. The quantitative estimate of drug-likeness (QED) is 0.0570. The molecule has 2 unspecified atom stereocenters. The summed E-state index contributed by atoms with van der Waals surface area (Å²) in [4.78, 5) is 11.9. The highest BCUT2D eigenvalue weighted by molar-refractivity contribution is 5.76. The van der Waals surface area contributed by atoms with Gasteiger partial charge in [-0.1, -0.05) is 232 Å². The van der Waals surface area contributed by atoms with E-state index in [4.69, 9.17) is 0 Å². The zero-order valence-electron chi connectivity index (χ0n) is 32.3. The molecule has 0 aliphatic rings. The Morgan fingerprint density at radius 3 is 0.936 bits per heavy atom. The number of carbonyl (C=O) groups excluding carboxylic acids is 1. The topological polar surface area (TPSA) is 69.6 Å². The van der Waals surface area contributed by atoms with Crippen LogP contribution in [0.1, 0.15) is 251 Å². The predicted octanol–water partition coefficient (Wildman–Crippen LogP) is 13.3. The van der Waals surface area contributed by atoms with Gasteiger partial charge < -0.3 is 15.5 Å². The summed E-state index contributed by atoms with van der Waals surface area (Å²) < 4.78 is 0. The van der Waals surface area contributed by atoms with Gasteiger partial charge in [0, 0.05) is 6.42 Å². The fourth-order valence-electron chi connectivity index (χ4n) is 6.99. The van der Waals surface area contributed by atoms with Crippen LogP contribution in [0.4, 0.5) is 0 Å². The van der Waals surface area contributed by atoms with Gasteiger partial charge in [0.25, 0.3) is 0 Å². The van der Waals surface area contributed by atoms with Gasteiger partial charge in [0.1, 0.15) is 0 Å². The summed E-state index contributed by atoms with van der Waals surface area (Å²) in [5.74, 6) is -0.0638. The Bertz CT molecular complexity index is 598. The molecule has 0 aliphatic carbocycles. The van der Waals surface area contributed by atoms with Crippen molar-refractivity contribution < 1.29 is 15.0 Å². The van der Waals surface area contributed by atoms with E-state index in [0.29, 0.717) is 12.8 Å². The molecule has 0 saturated heterocycles. The zero-order valence-corrected chi connectivity index (χ0v) is 32.3. The van der Waals surface area contributed by atoms with Crippen LogP contribution >= 0.6 is 0 Å². The summed E-state index contributed by atoms with van der Waals surface area (Å²) in [6.07, 6.45) is 48.8. The number of hydrogen-bond donors (Lipinski definition) is 3. The first kappa shape index (κ1) is 46.4. The third-order valence-corrected chi connectivity index (χ3v) is 10.4. The molecule has 282 valence electrons. The van der Waals surface area contributed by atoms with Crippen LogP contribution in [0.5, 0.6) is 0 Å². The summed E-state index contributed by atoms with van der Waals surface area (Å²) in [5.41, 5.74) is 0. The molecule has 0 radical (unpaired) electrons. The molecule has 0 spiro atoms. The molecule has 0 aliphatic heterocycles. The van der Waals surface area contributed by atoms with E-state index < -0.39 is 12.1 Å². The first-order valence-electron chi connectivity index (χ1n) is 21.7. The van der Waals surface area contributed by atoms with E-state index in [1.54, 1.807) is 0 Å². The molecule has 1 amide bonds. The molecule has 4 nitrogen and oxygen atoms in total. The summed E-state index contributed by atoms with van der Waals surface area (Å²) >= 11 is 0. The maximum atomic E-state index is 11.9. The second kappa shape index (κ2) is 39.8. The van der Waals surface area contributed by atoms with Crippen LogP contribution < -0.4 is 5.32 Å². The largest absolute Gasteiger partial charge is 0.394 e. The monoisotopic (exact) mass is 666 g/mol. The smallest absolute Gasteiger partial charge is 0.220 e. The van der Waals surface area contributed by atoms with Crippen LogP contribution in [0.2, 0.25) is 0 Å². The Labute approximate surface area is 295 Å². The molecule has 4 heteroatoms. The van der Waals surface area contributed by atoms with Crippen LogP contribution in [-0.2, 0) is 4.79 Å². The van der Waals surface area contributed by atoms with Gasteiger partial charge in [0.15, 0.2) is 0 Å². The average Bonchev–Trinajstić information content (AvgIpc) is 3.08. The molecule has 0 saturated carbocycles. The van der Waals surface area contributed by atoms with Crippen LogP contribution in [0, 0.1) is 0 Å². The summed E-state index contributed by atoms with van der Waals surface area (Å²) in [6.45, 7) is 4.16. The SMILES string of the molecule is CCCCCCCCCCCCCCCCCCCCCCCCCCCCCCCCCCCC(O)C(CO)NC(=O)CCCC. The van der Waals surface area contributed by atoms with Crippen LogP contribution in [0.15, 0.2) is 0 Å². The van der Waals surface area contributed by atoms with Crippen LogP contribution in [0.3, 0.4) is 0 Å². The second-order valence-electron chi connectivity index (χ2n) is 15.1. The number of rotatable bonds is 40. The van der Waals surface area contributed by atoms with Crippen molar-refractivity contribution in [3.8, 4) is 0 Å². The number of aliphatic hydroxyl groups is 2. The van der Waals surface area contributed by atoms with E-state index in [2.05, 4.69) is 19.2 Å². The number of hydrogen-bond acceptors (Lipinski definition) is 3. The Morgan fingerprint density at radius 2 is 0.681 bits per heavy atom. The summed E-state index contributed by atoms with van der Waals surface area (Å²) in [5, 5.41) is 22.6. The van der Waals surface area contributed by atoms with E-state index in [1.165, 1.54) is 199 Å². The van der Waals surface area contributed by atoms with Gasteiger partial charge in [-0.15, -0.1) is 0 Å². The lowest BCUT2D eigenvalue weighted by molar-refractivity contribution is -0.123. The Balaban J connectivity index is 3.22. The lowest BCUT2D eigenvalue weighted by Gasteiger charge is -2.22. The van der Waals surface area contributed by atoms with Gasteiger partial charge in [0.2, 0.25) is 5.91 Å². The number of unbranched alkanes of at least 4 members (excludes halogenated alkanes) is 33. The van der Waals surface area contributed by atoms with Crippen LogP contribution in [0.25, 0.3) is 0 Å². The van der Waals surface area contributed by atoms with Crippen molar-refractivity contribution in [1.82, 2.24) is 5.32 Å². The summed E-state index contributed by atoms with van der Waals surface area (Å²) in [6, 6.07) is -0.525. The molecule has 0 rings (SSSR count). The number of amides is 1. The van der Waals surface area contributed by atoms with Gasteiger partial charge in [0.05, 0.1) is 18.8 Å².